The average Bonchev–Trinajstić information content (AvgIpc) is 2.54. The van der Waals surface area contributed by atoms with Crippen LogP contribution >= 0.6 is 11.8 Å². The lowest BCUT2D eigenvalue weighted by Gasteiger charge is -2.09. The molecular formula is C17H17F2NO2S. The Morgan fingerprint density at radius 3 is 2.52 bits per heavy atom. The Bertz CT molecular complexity index is 662. The van der Waals surface area contributed by atoms with E-state index in [4.69, 9.17) is 4.74 Å². The Morgan fingerprint density at radius 1 is 1.13 bits per heavy atom. The molecule has 0 aliphatic carbocycles. The molecule has 2 aromatic rings. The highest BCUT2D eigenvalue weighted by molar-refractivity contribution is 7.99. The van der Waals surface area contributed by atoms with Gasteiger partial charge in [-0.05, 0) is 35.9 Å². The van der Waals surface area contributed by atoms with E-state index in [1.807, 2.05) is 0 Å². The summed E-state index contributed by atoms with van der Waals surface area (Å²) >= 11 is 1.37. The first kappa shape index (κ1) is 17.3. The van der Waals surface area contributed by atoms with E-state index in [2.05, 4.69) is 5.32 Å². The minimum absolute atomic E-state index is 0.130. The van der Waals surface area contributed by atoms with Crippen LogP contribution in [0.2, 0.25) is 0 Å². The molecule has 0 saturated heterocycles. The van der Waals surface area contributed by atoms with Crippen molar-refractivity contribution in [2.75, 3.05) is 12.9 Å². The minimum Gasteiger partial charge on any atom is -0.496 e. The first-order valence-electron chi connectivity index (χ1n) is 7.00. The van der Waals surface area contributed by atoms with E-state index in [1.165, 1.54) is 43.1 Å². The molecule has 1 N–H and O–H groups in total. The van der Waals surface area contributed by atoms with Gasteiger partial charge < -0.3 is 10.1 Å². The lowest BCUT2D eigenvalue weighted by atomic mass is 10.2. The Balaban J connectivity index is 1.76. The number of amides is 1. The van der Waals surface area contributed by atoms with E-state index in [-0.39, 0.29) is 23.3 Å². The van der Waals surface area contributed by atoms with Crippen LogP contribution in [0, 0.1) is 11.6 Å². The highest BCUT2D eigenvalue weighted by Gasteiger charge is 2.07. The van der Waals surface area contributed by atoms with Gasteiger partial charge in [0.1, 0.15) is 17.4 Å². The van der Waals surface area contributed by atoms with Crippen molar-refractivity contribution in [2.45, 2.75) is 12.3 Å². The third-order valence-corrected chi connectivity index (χ3v) is 4.12. The number of thioether (sulfide) groups is 1. The molecule has 0 unspecified atom stereocenters. The Morgan fingerprint density at radius 2 is 1.83 bits per heavy atom. The fourth-order valence-electron chi connectivity index (χ4n) is 1.97. The van der Waals surface area contributed by atoms with Gasteiger partial charge >= 0.3 is 0 Å². The van der Waals surface area contributed by atoms with Crippen molar-refractivity contribution in [2.24, 2.45) is 0 Å². The Hall–Kier alpha value is -2.08. The van der Waals surface area contributed by atoms with Crippen LogP contribution in [0.15, 0.2) is 42.5 Å². The smallest absolute Gasteiger partial charge is 0.230 e. The molecule has 2 aromatic carbocycles. The molecule has 122 valence electrons. The number of rotatable bonds is 7. The Labute approximate surface area is 138 Å². The van der Waals surface area contributed by atoms with Crippen molar-refractivity contribution in [3.05, 3.63) is 65.2 Å². The van der Waals surface area contributed by atoms with Gasteiger partial charge in [-0.3, -0.25) is 4.79 Å². The molecule has 1 amide bonds. The zero-order valence-electron chi connectivity index (χ0n) is 12.6. The maximum absolute atomic E-state index is 13.2. The number of carbonyl (C=O) groups is 1. The number of hydrogen-bond donors (Lipinski definition) is 1. The minimum atomic E-state index is -0.331. The largest absolute Gasteiger partial charge is 0.496 e. The van der Waals surface area contributed by atoms with Gasteiger partial charge in [0.25, 0.3) is 0 Å². The van der Waals surface area contributed by atoms with Gasteiger partial charge in [-0.25, -0.2) is 8.78 Å². The number of hydrogen-bond acceptors (Lipinski definition) is 3. The lowest BCUT2D eigenvalue weighted by molar-refractivity contribution is -0.118. The van der Waals surface area contributed by atoms with Gasteiger partial charge in [0.15, 0.2) is 0 Å². The molecular weight excluding hydrogens is 320 g/mol. The molecule has 0 radical (unpaired) electrons. The number of methoxy groups -OCH3 is 1. The van der Waals surface area contributed by atoms with Crippen molar-refractivity contribution in [1.29, 1.82) is 0 Å². The predicted octanol–water partition coefficient (Wildman–Crippen LogP) is 3.52. The van der Waals surface area contributed by atoms with E-state index in [9.17, 15) is 13.6 Å². The van der Waals surface area contributed by atoms with Gasteiger partial charge in [0, 0.05) is 17.9 Å². The van der Waals surface area contributed by atoms with E-state index < -0.39 is 0 Å². The third-order valence-electron chi connectivity index (χ3n) is 3.14. The van der Waals surface area contributed by atoms with Crippen LogP contribution in [0.3, 0.4) is 0 Å². The second-order valence-electron chi connectivity index (χ2n) is 4.85. The summed E-state index contributed by atoms with van der Waals surface area (Å²) in [6.07, 6.45) is 0. The summed E-state index contributed by atoms with van der Waals surface area (Å²) in [4.78, 5) is 11.8. The van der Waals surface area contributed by atoms with Crippen LogP contribution in [-0.2, 0) is 17.1 Å². The van der Waals surface area contributed by atoms with Crippen LogP contribution in [0.5, 0.6) is 5.75 Å². The average molecular weight is 337 g/mol. The number of benzene rings is 2. The molecule has 0 aliphatic rings. The molecule has 2 rings (SSSR count). The fourth-order valence-corrected chi connectivity index (χ4v) is 2.80. The first-order chi connectivity index (χ1) is 11.1. The predicted molar refractivity (Wildman–Crippen MR) is 87.4 cm³/mol. The molecule has 23 heavy (non-hydrogen) atoms. The molecule has 0 atom stereocenters. The van der Waals surface area contributed by atoms with Crippen molar-refractivity contribution >= 4 is 17.7 Å². The molecule has 0 aromatic heterocycles. The molecule has 0 heterocycles. The zero-order chi connectivity index (χ0) is 16.7. The molecule has 0 aliphatic heterocycles. The van der Waals surface area contributed by atoms with Crippen molar-refractivity contribution < 1.29 is 18.3 Å². The van der Waals surface area contributed by atoms with Crippen LogP contribution < -0.4 is 10.1 Å². The normalized spacial score (nSPS) is 10.4. The van der Waals surface area contributed by atoms with E-state index in [0.29, 0.717) is 23.6 Å². The van der Waals surface area contributed by atoms with E-state index in [1.54, 1.807) is 18.2 Å². The monoisotopic (exact) mass is 337 g/mol. The molecule has 3 nitrogen and oxygen atoms in total. The number of nitrogens with one attached hydrogen (secondary N) is 1. The van der Waals surface area contributed by atoms with Gasteiger partial charge in [-0.2, -0.15) is 0 Å². The maximum atomic E-state index is 13.2. The van der Waals surface area contributed by atoms with Gasteiger partial charge in [-0.15, -0.1) is 11.8 Å². The lowest BCUT2D eigenvalue weighted by Crippen LogP contribution is -2.24. The zero-order valence-corrected chi connectivity index (χ0v) is 13.5. The van der Waals surface area contributed by atoms with Crippen LogP contribution in [-0.4, -0.2) is 18.8 Å². The maximum Gasteiger partial charge on any atom is 0.230 e. The van der Waals surface area contributed by atoms with Gasteiger partial charge in [-0.1, -0.05) is 12.1 Å². The fraction of sp³-hybridized carbons (Fsp3) is 0.235. The first-order valence-corrected chi connectivity index (χ1v) is 8.15. The number of ether oxygens (including phenoxy) is 1. The molecule has 0 spiro atoms. The van der Waals surface area contributed by atoms with Crippen LogP contribution in [0.1, 0.15) is 11.1 Å². The SMILES string of the molecule is COc1ccc(F)cc1CSCC(=O)NCc1ccc(F)cc1. The Kier molecular flexibility index (Phi) is 6.40. The molecule has 6 heteroatoms. The van der Waals surface area contributed by atoms with Crippen LogP contribution in [0.25, 0.3) is 0 Å². The van der Waals surface area contributed by atoms with Crippen molar-refractivity contribution in [1.82, 2.24) is 5.32 Å². The summed E-state index contributed by atoms with van der Waals surface area (Å²) in [5.41, 5.74) is 1.54. The number of carbonyl (C=O) groups excluding carboxylic acids is 1. The summed E-state index contributed by atoms with van der Waals surface area (Å²) in [6, 6.07) is 10.3. The number of halogens is 2. The highest BCUT2D eigenvalue weighted by atomic mass is 32.2. The summed E-state index contributed by atoms with van der Waals surface area (Å²) in [6.45, 7) is 0.350. The second-order valence-corrected chi connectivity index (χ2v) is 5.84. The molecule has 0 bridgehead atoms. The third kappa shape index (κ3) is 5.56. The second kappa shape index (κ2) is 8.53. The van der Waals surface area contributed by atoms with Crippen LogP contribution in [0.4, 0.5) is 8.78 Å². The van der Waals surface area contributed by atoms with E-state index >= 15 is 0 Å². The molecule has 0 fully saturated rings. The van der Waals surface area contributed by atoms with E-state index in [0.717, 1.165) is 5.56 Å². The van der Waals surface area contributed by atoms with Crippen molar-refractivity contribution in [3.63, 3.8) is 0 Å². The summed E-state index contributed by atoms with van der Waals surface area (Å²) in [5, 5.41) is 2.76. The quantitative estimate of drug-likeness (QED) is 0.840. The highest BCUT2D eigenvalue weighted by Crippen LogP contribution is 2.24. The summed E-state index contributed by atoms with van der Waals surface area (Å²) in [7, 11) is 1.52. The topological polar surface area (TPSA) is 38.3 Å². The van der Waals surface area contributed by atoms with Gasteiger partial charge in [0.05, 0.1) is 12.9 Å². The van der Waals surface area contributed by atoms with Crippen molar-refractivity contribution in [3.8, 4) is 5.75 Å². The van der Waals surface area contributed by atoms with Gasteiger partial charge in [0.2, 0.25) is 5.91 Å². The summed E-state index contributed by atoms with van der Waals surface area (Å²) < 4.78 is 31.2. The summed E-state index contributed by atoms with van der Waals surface area (Å²) in [5.74, 6) is 0.563. The molecule has 0 saturated carbocycles. The standard InChI is InChI=1S/C17H17F2NO2S/c1-22-16-7-6-15(19)8-13(16)10-23-11-17(21)20-9-12-2-4-14(18)5-3-12/h2-8H,9-11H2,1H3,(H,20,21).